The van der Waals surface area contributed by atoms with Gasteiger partial charge in [-0.15, -0.1) is 0 Å². The highest BCUT2D eigenvalue weighted by atomic mass is 79.9. The molecule has 1 aromatic rings. The molecule has 0 bridgehead atoms. The van der Waals surface area contributed by atoms with Crippen LogP contribution in [-0.4, -0.2) is 11.9 Å². The lowest BCUT2D eigenvalue weighted by molar-refractivity contribution is -0.122. The van der Waals surface area contributed by atoms with E-state index in [1.54, 1.807) is 0 Å². The molecule has 19 heavy (non-hydrogen) atoms. The van der Waals surface area contributed by atoms with Crippen molar-refractivity contribution in [3.63, 3.8) is 0 Å². The predicted octanol–water partition coefficient (Wildman–Crippen LogP) is 4.32. The van der Waals surface area contributed by atoms with Gasteiger partial charge in [0.15, 0.2) is 0 Å². The number of hydrogen-bond donors (Lipinski definition) is 1. The Morgan fingerprint density at radius 1 is 1.26 bits per heavy atom. The van der Waals surface area contributed by atoms with E-state index in [2.05, 4.69) is 54.2 Å². The zero-order chi connectivity index (χ0) is 14.3. The first-order chi connectivity index (χ1) is 9.01. The summed E-state index contributed by atoms with van der Waals surface area (Å²) in [5.41, 5.74) is 1.25. The SMILES string of the molecule is CCCC(C)CC(=O)NC(C)Cc1ccc(Br)cc1. The van der Waals surface area contributed by atoms with E-state index < -0.39 is 0 Å². The van der Waals surface area contributed by atoms with E-state index in [1.165, 1.54) is 5.56 Å². The van der Waals surface area contributed by atoms with Crippen molar-refractivity contribution >= 4 is 21.8 Å². The number of hydrogen-bond acceptors (Lipinski definition) is 1. The monoisotopic (exact) mass is 325 g/mol. The molecule has 0 aromatic heterocycles. The fourth-order valence-electron chi connectivity index (χ4n) is 2.27. The number of carbonyl (C=O) groups excluding carboxylic acids is 1. The predicted molar refractivity (Wildman–Crippen MR) is 84.1 cm³/mol. The van der Waals surface area contributed by atoms with Crippen molar-refractivity contribution in [3.8, 4) is 0 Å². The van der Waals surface area contributed by atoms with Gasteiger partial charge in [-0.2, -0.15) is 0 Å². The minimum absolute atomic E-state index is 0.172. The fraction of sp³-hybridized carbons (Fsp3) is 0.562. The Morgan fingerprint density at radius 3 is 2.47 bits per heavy atom. The van der Waals surface area contributed by atoms with E-state index in [1.807, 2.05) is 12.1 Å². The van der Waals surface area contributed by atoms with Gasteiger partial charge in [-0.05, 0) is 37.0 Å². The van der Waals surface area contributed by atoms with E-state index in [4.69, 9.17) is 0 Å². The molecule has 3 heteroatoms. The van der Waals surface area contributed by atoms with Crippen LogP contribution in [0.5, 0.6) is 0 Å². The van der Waals surface area contributed by atoms with Crippen LogP contribution in [0.3, 0.4) is 0 Å². The van der Waals surface area contributed by atoms with Gasteiger partial charge in [-0.1, -0.05) is 54.8 Å². The summed E-state index contributed by atoms with van der Waals surface area (Å²) >= 11 is 3.42. The van der Waals surface area contributed by atoms with Crippen LogP contribution >= 0.6 is 15.9 Å². The van der Waals surface area contributed by atoms with Crippen molar-refractivity contribution < 1.29 is 4.79 Å². The molecule has 0 saturated heterocycles. The van der Waals surface area contributed by atoms with E-state index in [0.29, 0.717) is 12.3 Å². The van der Waals surface area contributed by atoms with Crippen LogP contribution in [-0.2, 0) is 11.2 Å². The number of amides is 1. The summed E-state index contributed by atoms with van der Waals surface area (Å²) in [6.07, 6.45) is 3.77. The summed E-state index contributed by atoms with van der Waals surface area (Å²) in [5, 5.41) is 3.08. The Hall–Kier alpha value is -0.830. The zero-order valence-electron chi connectivity index (χ0n) is 12.1. The van der Waals surface area contributed by atoms with Gasteiger partial charge in [0.2, 0.25) is 5.91 Å². The molecule has 1 N–H and O–H groups in total. The molecular weight excluding hydrogens is 302 g/mol. The smallest absolute Gasteiger partial charge is 0.220 e. The van der Waals surface area contributed by atoms with Gasteiger partial charge in [0.1, 0.15) is 0 Å². The van der Waals surface area contributed by atoms with Crippen molar-refractivity contribution in [2.24, 2.45) is 5.92 Å². The van der Waals surface area contributed by atoms with Crippen LogP contribution in [0.2, 0.25) is 0 Å². The molecule has 0 spiro atoms. The van der Waals surface area contributed by atoms with Crippen molar-refractivity contribution in [3.05, 3.63) is 34.3 Å². The van der Waals surface area contributed by atoms with Crippen LogP contribution in [0.1, 0.15) is 45.6 Å². The Bertz CT molecular complexity index is 388. The quantitative estimate of drug-likeness (QED) is 0.794. The standard InChI is InChI=1S/C16H24BrNO/c1-4-5-12(2)10-16(19)18-13(3)11-14-6-8-15(17)9-7-14/h6-9,12-13H,4-5,10-11H2,1-3H3,(H,18,19). The van der Waals surface area contributed by atoms with Crippen LogP contribution in [0.15, 0.2) is 28.7 Å². The van der Waals surface area contributed by atoms with E-state index in [9.17, 15) is 4.79 Å². The third kappa shape index (κ3) is 6.76. The van der Waals surface area contributed by atoms with Crippen molar-refractivity contribution in [1.82, 2.24) is 5.32 Å². The normalized spacial score (nSPS) is 13.9. The minimum atomic E-state index is 0.172. The second-order valence-corrected chi connectivity index (χ2v) is 6.31. The van der Waals surface area contributed by atoms with Gasteiger partial charge in [-0.25, -0.2) is 0 Å². The summed E-state index contributed by atoms with van der Waals surface area (Å²) < 4.78 is 1.08. The second-order valence-electron chi connectivity index (χ2n) is 5.40. The molecule has 0 heterocycles. The highest BCUT2D eigenvalue weighted by molar-refractivity contribution is 9.10. The number of carbonyl (C=O) groups is 1. The lowest BCUT2D eigenvalue weighted by Crippen LogP contribution is -2.34. The summed E-state index contributed by atoms with van der Waals surface area (Å²) in [6, 6.07) is 8.43. The summed E-state index contributed by atoms with van der Waals surface area (Å²) in [7, 11) is 0. The van der Waals surface area contributed by atoms with Crippen molar-refractivity contribution in [2.75, 3.05) is 0 Å². The molecule has 106 valence electrons. The average Bonchev–Trinajstić information content (AvgIpc) is 2.32. The maximum atomic E-state index is 11.9. The number of halogens is 1. The first-order valence-corrected chi connectivity index (χ1v) is 7.84. The molecule has 2 atom stereocenters. The fourth-order valence-corrected chi connectivity index (χ4v) is 2.53. The average molecular weight is 326 g/mol. The lowest BCUT2D eigenvalue weighted by Gasteiger charge is -2.16. The first-order valence-electron chi connectivity index (χ1n) is 7.05. The third-order valence-corrected chi connectivity index (χ3v) is 3.71. The van der Waals surface area contributed by atoms with Crippen LogP contribution in [0, 0.1) is 5.92 Å². The number of benzene rings is 1. The highest BCUT2D eigenvalue weighted by Gasteiger charge is 2.11. The Balaban J connectivity index is 2.36. The minimum Gasteiger partial charge on any atom is -0.353 e. The van der Waals surface area contributed by atoms with Crippen LogP contribution in [0.4, 0.5) is 0 Å². The summed E-state index contributed by atoms with van der Waals surface area (Å²) in [4.78, 5) is 11.9. The summed E-state index contributed by atoms with van der Waals surface area (Å²) in [6.45, 7) is 6.36. The molecule has 2 nitrogen and oxygen atoms in total. The molecule has 1 amide bonds. The Labute approximate surface area is 125 Å². The lowest BCUT2D eigenvalue weighted by atomic mass is 10.0. The van der Waals surface area contributed by atoms with E-state index in [0.717, 1.165) is 23.7 Å². The molecule has 0 saturated carbocycles. The Kier molecular flexibility index (Phi) is 7.14. The maximum Gasteiger partial charge on any atom is 0.220 e. The summed E-state index contributed by atoms with van der Waals surface area (Å²) in [5.74, 6) is 0.649. The van der Waals surface area contributed by atoms with Gasteiger partial charge in [-0.3, -0.25) is 4.79 Å². The van der Waals surface area contributed by atoms with Crippen LogP contribution < -0.4 is 5.32 Å². The van der Waals surface area contributed by atoms with Crippen molar-refractivity contribution in [2.45, 2.75) is 52.5 Å². The van der Waals surface area contributed by atoms with Gasteiger partial charge < -0.3 is 5.32 Å². The van der Waals surface area contributed by atoms with Crippen LogP contribution in [0.25, 0.3) is 0 Å². The zero-order valence-corrected chi connectivity index (χ0v) is 13.7. The molecule has 0 aliphatic heterocycles. The second kappa shape index (κ2) is 8.36. The van der Waals surface area contributed by atoms with Gasteiger partial charge in [0.25, 0.3) is 0 Å². The third-order valence-electron chi connectivity index (χ3n) is 3.18. The highest BCUT2D eigenvalue weighted by Crippen LogP contribution is 2.13. The van der Waals surface area contributed by atoms with E-state index >= 15 is 0 Å². The molecule has 1 rings (SSSR count). The largest absolute Gasteiger partial charge is 0.353 e. The van der Waals surface area contributed by atoms with Gasteiger partial charge in [0.05, 0.1) is 0 Å². The number of nitrogens with one attached hydrogen (secondary N) is 1. The number of rotatable bonds is 7. The Morgan fingerprint density at radius 2 is 1.89 bits per heavy atom. The molecule has 0 aliphatic carbocycles. The molecule has 0 fully saturated rings. The first kappa shape index (κ1) is 16.2. The topological polar surface area (TPSA) is 29.1 Å². The molecule has 0 aliphatic rings. The van der Waals surface area contributed by atoms with Gasteiger partial charge in [0, 0.05) is 16.9 Å². The maximum absolute atomic E-state index is 11.9. The van der Waals surface area contributed by atoms with Gasteiger partial charge >= 0.3 is 0 Å². The van der Waals surface area contributed by atoms with E-state index in [-0.39, 0.29) is 11.9 Å². The van der Waals surface area contributed by atoms with Crippen molar-refractivity contribution in [1.29, 1.82) is 0 Å². The molecule has 0 radical (unpaired) electrons. The molecular formula is C16H24BrNO. The molecule has 1 aromatic carbocycles. The molecule has 2 unspecified atom stereocenters.